The molecule has 5 atom stereocenters. The van der Waals surface area contributed by atoms with Gasteiger partial charge in [-0.25, -0.2) is 4.39 Å². The summed E-state index contributed by atoms with van der Waals surface area (Å²) in [5, 5.41) is 10.4. The number of ether oxygens (including phenoxy) is 1. The van der Waals surface area contributed by atoms with Crippen molar-refractivity contribution in [2.45, 2.75) is 82.9 Å². The average molecular weight is 431 g/mol. The number of aliphatic hydroxyl groups excluding tert-OH is 1. The molecule has 4 heteroatoms. The maximum absolute atomic E-state index is 15.1. The third kappa shape index (κ3) is 8.60. The third-order valence-electron chi connectivity index (χ3n) is 6.34. The second-order valence-electron chi connectivity index (χ2n) is 8.63. The maximum atomic E-state index is 15.1. The Bertz CT molecular complexity index is 685. The first-order valence-electron chi connectivity index (χ1n) is 11.8. The first-order valence-corrected chi connectivity index (χ1v) is 11.8. The van der Waals surface area contributed by atoms with E-state index in [4.69, 9.17) is 0 Å². The summed E-state index contributed by atoms with van der Waals surface area (Å²) in [5.74, 6) is -0.0893. The van der Waals surface area contributed by atoms with Gasteiger partial charge >= 0.3 is 5.97 Å². The van der Waals surface area contributed by atoms with Crippen molar-refractivity contribution >= 4 is 5.97 Å². The molecule has 0 heterocycles. The van der Waals surface area contributed by atoms with Gasteiger partial charge < -0.3 is 9.84 Å². The number of benzene rings is 1. The number of rotatable bonds is 13. The fourth-order valence-corrected chi connectivity index (χ4v) is 4.55. The van der Waals surface area contributed by atoms with Crippen molar-refractivity contribution < 1.29 is 19.0 Å². The first-order chi connectivity index (χ1) is 15.1. The van der Waals surface area contributed by atoms with Gasteiger partial charge in [0.25, 0.3) is 0 Å². The van der Waals surface area contributed by atoms with Crippen LogP contribution in [0.2, 0.25) is 0 Å². The molecule has 0 aromatic heterocycles. The summed E-state index contributed by atoms with van der Waals surface area (Å²) in [6.07, 6.45) is 13.9. The molecule has 1 aliphatic rings. The molecule has 2 rings (SSSR count). The molecule has 0 radical (unpaired) electrons. The summed E-state index contributed by atoms with van der Waals surface area (Å²) in [6, 6.07) is 10.2. The Morgan fingerprint density at radius 2 is 2.00 bits per heavy atom. The second kappa shape index (κ2) is 14.2. The number of aliphatic hydroxyl groups is 1. The highest BCUT2D eigenvalue weighted by atomic mass is 19.1. The molecule has 0 bridgehead atoms. The van der Waals surface area contributed by atoms with Gasteiger partial charge in [0.1, 0.15) is 6.17 Å². The number of hydrogen-bond acceptors (Lipinski definition) is 3. The van der Waals surface area contributed by atoms with Crippen molar-refractivity contribution in [3.05, 3.63) is 60.2 Å². The van der Waals surface area contributed by atoms with Crippen molar-refractivity contribution in [3.63, 3.8) is 0 Å². The molecule has 1 aromatic rings. The molecule has 2 unspecified atom stereocenters. The van der Waals surface area contributed by atoms with Crippen molar-refractivity contribution in [2.24, 2.45) is 11.8 Å². The Balaban J connectivity index is 2.02. The lowest BCUT2D eigenvalue weighted by atomic mass is 9.82. The van der Waals surface area contributed by atoms with Gasteiger partial charge in [0.2, 0.25) is 0 Å². The first kappa shape index (κ1) is 25.3. The topological polar surface area (TPSA) is 46.5 Å². The number of allylic oxidation sites excluding steroid dienone is 3. The van der Waals surface area contributed by atoms with Crippen LogP contribution in [0.15, 0.2) is 54.6 Å². The summed E-state index contributed by atoms with van der Waals surface area (Å²) in [4.78, 5) is 11.2. The number of carbonyl (C=O) groups excluding carboxylic acids is 1. The van der Waals surface area contributed by atoms with Crippen LogP contribution in [-0.2, 0) is 9.53 Å². The molecular weight excluding hydrogens is 391 g/mol. The van der Waals surface area contributed by atoms with E-state index >= 15 is 4.39 Å². The van der Waals surface area contributed by atoms with E-state index in [0.29, 0.717) is 19.3 Å². The van der Waals surface area contributed by atoms with Gasteiger partial charge in [-0.1, -0.05) is 80.8 Å². The second-order valence-corrected chi connectivity index (χ2v) is 8.63. The van der Waals surface area contributed by atoms with Crippen molar-refractivity contribution in [1.29, 1.82) is 0 Å². The van der Waals surface area contributed by atoms with Crippen molar-refractivity contribution in [2.75, 3.05) is 7.11 Å². The van der Waals surface area contributed by atoms with E-state index in [2.05, 4.69) is 35.9 Å². The Morgan fingerprint density at radius 3 is 2.71 bits per heavy atom. The van der Waals surface area contributed by atoms with Crippen LogP contribution in [0.4, 0.5) is 4.39 Å². The SMILES string of the molecule is CCCCCC(O)/C=C/[C@@H]1C(c2ccccc2)C[C@@H](F)[C@H]1C/C=C\CCCC(=O)OC. The molecule has 0 spiro atoms. The monoisotopic (exact) mass is 430 g/mol. The summed E-state index contributed by atoms with van der Waals surface area (Å²) in [5.41, 5.74) is 1.17. The van der Waals surface area contributed by atoms with Crippen LogP contribution in [0.1, 0.15) is 76.2 Å². The molecular formula is C27H39FO3. The number of unbranched alkanes of at least 4 members (excludes halogenated alkanes) is 3. The van der Waals surface area contributed by atoms with E-state index in [9.17, 15) is 9.90 Å². The molecule has 1 fully saturated rings. The number of methoxy groups -OCH3 is 1. The number of alkyl halides is 1. The fraction of sp³-hybridized carbons (Fsp3) is 0.593. The van der Waals surface area contributed by atoms with Gasteiger partial charge in [0.05, 0.1) is 13.2 Å². The highest BCUT2D eigenvalue weighted by molar-refractivity contribution is 5.69. The van der Waals surface area contributed by atoms with Gasteiger partial charge in [-0.3, -0.25) is 4.79 Å². The standard InChI is InChI=1S/C27H39FO3/c1-3-4-8-15-22(29)18-19-23-24(16-11-5-6-12-17-27(30)31-2)26(28)20-25(23)21-13-9-7-10-14-21/h5,7,9-11,13-14,18-19,22-26,29H,3-4,6,8,12,15-17,20H2,1-2H3/b11-5-,19-18+/t22?,23-,24-,25?,26+/m0/s1. The predicted molar refractivity (Wildman–Crippen MR) is 125 cm³/mol. The van der Waals surface area contributed by atoms with E-state index in [1.54, 1.807) is 0 Å². The van der Waals surface area contributed by atoms with Crippen LogP contribution in [0.5, 0.6) is 0 Å². The fourth-order valence-electron chi connectivity index (χ4n) is 4.55. The summed E-state index contributed by atoms with van der Waals surface area (Å²) >= 11 is 0. The quantitative estimate of drug-likeness (QED) is 0.220. The third-order valence-corrected chi connectivity index (χ3v) is 6.34. The maximum Gasteiger partial charge on any atom is 0.305 e. The highest BCUT2D eigenvalue weighted by Crippen LogP contribution is 2.47. The van der Waals surface area contributed by atoms with Gasteiger partial charge in [-0.05, 0) is 49.5 Å². The van der Waals surface area contributed by atoms with Crippen LogP contribution in [0, 0.1) is 11.8 Å². The molecule has 31 heavy (non-hydrogen) atoms. The molecule has 172 valence electrons. The number of hydrogen-bond donors (Lipinski definition) is 1. The number of carbonyl (C=O) groups is 1. The molecule has 0 aliphatic heterocycles. The minimum absolute atomic E-state index is 0.0675. The van der Waals surface area contributed by atoms with E-state index in [-0.39, 0.29) is 23.7 Å². The zero-order valence-corrected chi connectivity index (χ0v) is 19.1. The molecule has 0 amide bonds. The van der Waals surface area contributed by atoms with Gasteiger partial charge in [-0.2, -0.15) is 0 Å². The van der Waals surface area contributed by atoms with Gasteiger partial charge in [-0.15, -0.1) is 0 Å². The number of esters is 1. The lowest BCUT2D eigenvalue weighted by Gasteiger charge is -2.22. The molecule has 1 aromatic carbocycles. The van der Waals surface area contributed by atoms with Crippen molar-refractivity contribution in [3.8, 4) is 0 Å². The van der Waals surface area contributed by atoms with Gasteiger partial charge in [0.15, 0.2) is 0 Å². The molecule has 0 saturated heterocycles. The van der Waals surface area contributed by atoms with E-state index < -0.39 is 12.3 Å². The van der Waals surface area contributed by atoms with Crippen LogP contribution in [-0.4, -0.2) is 30.5 Å². The smallest absolute Gasteiger partial charge is 0.305 e. The normalized spacial score (nSPS) is 24.8. The average Bonchev–Trinajstić information content (AvgIpc) is 3.10. The van der Waals surface area contributed by atoms with E-state index in [0.717, 1.165) is 38.5 Å². The van der Waals surface area contributed by atoms with Crippen LogP contribution < -0.4 is 0 Å². The molecule has 3 nitrogen and oxygen atoms in total. The summed E-state index contributed by atoms with van der Waals surface area (Å²) < 4.78 is 19.7. The predicted octanol–water partition coefficient (Wildman–Crippen LogP) is 6.53. The van der Waals surface area contributed by atoms with Crippen molar-refractivity contribution in [1.82, 2.24) is 0 Å². The summed E-state index contributed by atoms with van der Waals surface area (Å²) in [6.45, 7) is 2.15. The minimum Gasteiger partial charge on any atom is -0.469 e. The van der Waals surface area contributed by atoms with Crippen LogP contribution in [0.3, 0.4) is 0 Å². The number of halogens is 1. The lowest BCUT2D eigenvalue weighted by molar-refractivity contribution is -0.140. The Labute approximate surface area is 187 Å². The highest BCUT2D eigenvalue weighted by Gasteiger charge is 2.42. The largest absolute Gasteiger partial charge is 0.469 e. The molecule has 1 saturated carbocycles. The van der Waals surface area contributed by atoms with E-state index in [1.807, 2.05) is 30.4 Å². The van der Waals surface area contributed by atoms with E-state index in [1.165, 1.54) is 12.7 Å². The lowest BCUT2D eigenvalue weighted by Crippen LogP contribution is -2.16. The zero-order chi connectivity index (χ0) is 22.5. The minimum atomic E-state index is -0.864. The Hall–Kier alpha value is -1.94. The summed E-state index contributed by atoms with van der Waals surface area (Å²) in [7, 11) is 1.40. The molecule has 1 aliphatic carbocycles. The van der Waals surface area contributed by atoms with Crippen LogP contribution >= 0.6 is 0 Å². The van der Waals surface area contributed by atoms with Gasteiger partial charge in [0, 0.05) is 12.3 Å². The Kier molecular flexibility index (Phi) is 11.6. The zero-order valence-electron chi connectivity index (χ0n) is 19.1. The Morgan fingerprint density at radius 1 is 1.23 bits per heavy atom. The molecule has 1 N–H and O–H groups in total. The van der Waals surface area contributed by atoms with Crippen LogP contribution in [0.25, 0.3) is 0 Å².